The largest absolute Gasteiger partial charge is 0.393 e. The normalized spacial score (nSPS) is 20.2. The summed E-state index contributed by atoms with van der Waals surface area (Å²) in [5.41, 5.74) is -10.2. The number of aliphatic hydroxyl groups excluding tert-OH is 1. The van der Waals surface area contributed by atoms with Crippen molar-refractivity contribution in [3.05, 3.63) is 0 Å². The van der Waals surface area contributed by atoms with Crippen LogP contribution in [0.5, 0.6) is 0 Å². The Hall–Kier alpha value is -1.00. The Morgan fingerprint density at radius 3 is 1.45 bits per heavy atom. The molecule has 0 fully saturated rings. The molecule has 0 saturated carbocycles. The molecule has 0 unspecified atom stereocenters. The van der Waals surface area contributed by atoms with E-state index in [1.807, 2.05) is 0 Å². The van der Waals surface area contributed by atoms with E-state index in [0.717, 1.165) is 0 Å². The third kappa shape index (κ3) is 2.25. The summed E-state index contributed by atoms with van der Waals surface area (Å²) in [6, 6.07) is 0. The summed E-state index contributed by atoms with van der Waals surface area (Å²) in [5, 5.41) is 39.7. The van der Waals surface area contributed by atoms with Crippen molar-refractivity contribution < 1.29 is 39.6 Å². The predicted octanol–water partition coefficient (Wildman–Crippen LogP) is -2.14. The van der Waals surface area contributed by atoms with Crippen LogP contribution in [-0.2, 0) is 19.2 Å². The molecule has 8 nitrogen and oxygen atoms in total. The number of hydrogen-bond donors (Lipinski definition) is 4. The summed E-state index contributed by atoms with van der Waals surface area (Å²) in [6.07, 6.45) is 0. The smallest absolute Gasteiger partial charge is 0.240 e. The van der Waals surface area contributed by atoms with Gasteiger partial charge in [0.2, 0.25) is 15.9 Å². The first-order chi connectivity index (χ1) is 8.83. The van der Waals surface area contributed by atoms with Gasteiger partial charge in [0.15, 0.2) is 23.0 Å². The zero-order chi connectivity index (χ0) is 16.5. The van der Waals surface area contributed by atoms with Crippen LogP contribution in [0.25, 0.3) is 0 Å². The Labute approximate surface area is 122 Å². The Kier molecular flexibility index (Phi) is 5.49. The molecule has 0 bridgehead atoms. The van der Waals surface area contributed by atoms with Crippen LogP contribution in [0.4, 0.5) is 0 Å². The lowest BCUT2D eigenvalue weighted by Gasteiger charge is -2.45. The molecular formula is C11H15BrO8. The summed E-state index contributed by atoms with van der Waals surface area (Å²) < 4.78 is -1.54. The predicted molar refractivity (Wildman–Crippen MR) is 67.9 cm³/mol. The van der Waals surface area contributed by atoms with Crippen LogP contribution in [0.2, 0.25) is 0 Å². The monoisotopic (exact) mass is 354 g/mol. The van der Waals surface area contributed by atoms with Crippen molar-refractivity contribution in [1.29, 1.82) is 0 Å². The van der Waals surface area contributed by atoms with Crippen LogP contribution in [0.1, 0.15) is 20.8 Å². The van der Waals surface area contributed by atoms with Crippen molar-refractivity contribution in [3.8, 4) is 0 Å². The van der Waals surface area contributed by atoms with Crippen LogP contribution >= 0.6 is 15.9 Å². The number of Topliss-reactive ketones (excluding diaryl/α,β-unsaturated/α-hetero) is 3. The molecule has 0 rings (SSSR count). The molecule has 114 valence electrons. The van der Waals surface area contributed by atoms with Gasteiger partial charge in [-0.3, -0.25) is 19.2 Å². The highest BCUT2D eigenvalue weighted by molar-refractivity contribution is 9.18. The number of carbonyl (C=O) groups excluding carboxylic acids is 4. The van der Waals surface area contributed by atoms with Gasteiger partial charge < -0.3 is 20.4 Å². The maximum Gasteiger partial charge on any atom is 0.240 e. The molecule has 3 atom stereocenters. The fourth-order valence-corrected chi connectivity index (χ4v) is 2.43. The van der Waals surface area contributed by atoms with Gasteiger partial charge in [-0.05, 0) is 36.7 Å². The van der Waals surface area contributed by atoms with E-state index in [4.69, 9.17) is 5.11 Å². The van der Waals surface area contributed by atoms with Crippen LogP contribution in [0, 0.1) is 0 Å². The molecule has 0 amide bonds. The first-order valence-electron chi connectivity index (χ1n) is 5.35. The molecule has 9 heteroatoms. The molecule has 4 N–H and O–H groups in total. The summed E-state index contributed by atoms with van der Waals surface area (Å²) in [7, 11) is 0. The molecule has 0 heterocycles. The third-order valence-electron chi connectivity index (χ3n) is 3.24. The number of ketones is 3. The second kappa shape index (κ2) is 5.78. The minimum Gasteiger partial charge on any atom is -0.393 e. The maximum absolute atomic E-state index is 11.7. The number of hydrogen-bond acceptors (Lipinski definition) is 8. The lowest BCUT2D eigenvalue weighted by molar-refractivity contribution is -0.229. The third-order valence-corrected chi connectivity index (χ3v) is 3.81. The van der Waals surface area contributed by atoms with Crippen LogP contribution in [0.15, 0.2) is 0 Å². The Bertz CT molecular complexity index is 459. The van der Waals surface area contributed by atoms with Crippen molar-refractivity contribution in [3.63, 3.8) is 0 Å². The van der Waals surface area contributed by atoms with Crippen molar-refractivity contribution >= 4 is 38.0 Å². The van der Waals surface area contributed by atoms with Crippen molar-refractivity contribution in [2.24, 2.45) is 0 Å². The van der Waals surface area contributed by atoms with Crippen LogP contribution < -0.4 is 0 Å². The Morgan fingerprint density at radius 1 is 0.900 bits per heavy atom. The second-order valence-corrected chi connectivity index (χ2v) is 5.10. The zero-order valence-electron chi connectivity index (χ0n) is 11.0. The van der Waals surface area contributed by atoms with Crippen molar-refractivity contribution in [1.82, 2.24) is 0 Å². The first kappa shape index (κ1) is 19.0. The fourth-order valence-electron chi connectivity index (χ4n) is 1.86. The van der Waals surface area contributed by atoms with Crippen molar-refractivity contribution in [2.45, 2.75) is 37.6 Å². The Balaban J connectivity index is 6.66. The quantitative estimate of drug-likeness (QED) is 0.299. The lowest BCUT2D eigenvalue weighted by Crippen LogP contribution is -2.78. The van der Waals surface area contributed by atoms with Gasteiger partial charge in [0, 0.05) is 0 Å². The lowest BCUT2D eigenvalue weighted by atomic mass is 9.66. The number of carbonyl (C=O) groups is 4. The summed E-state index contributed by atoms with van der Waals surface area (Å²) in [4.78, 5) is 46.1. The molecule has 0 aliphatic heterocycles. The molecule has 0 aromatic heterocycles. The molecular weight excluding hydrogens is 340 g/mol. The fraction of sp³-hybridized carbons (Fsp3) is 0.636. The highest BCUT2D eigenvalue weighted by Gasteiger charge is 2.71. The highest BCUT2D eigenvalue weighted by atomic mass is 79.9. The minimum absolute atomic E-state index is 0.646. The van der Waals surface area contributed by atoms with Gasteiger partial charge in [-0.15, -0.1) is 0 Å². The van der Waals surface area contributed by atoms with Crippen molar-refractivity contribution in [2.75, 3.05) is 6.61 Å². The number of halogens is 1. The van der Waals surface area contributed by atoms with Gasteiger partial charge in [0.1, 0.15) is 0 Å². The number of aliphatic hydroxyl groups is 4. The van der Waals surface area contributed by atoms with E-state index in [1.54, 1.807) is 0 Å². The second-order valence-electron chi connectivity index (χ2n) is 4.38. The minimum atomic E-state index is -3.55. The molecule has 0 aromatic rings. The zero-order valence-corrected chi connectivity index (χ0v) is 12.6. The Morgan fingerprint density at radius 2 is 1.30 bits per heavy atom. The van der Waals surface area contributed by atoms with Gasteiger partial charge >= 0.3 is 0 Å². The molecule has 0 radical (unpaired) electrons. The van der Waals surface area contributed by atoms with Gasteiger partial charge in [-0.1, -0.05) is 0 Å². The molecule has 20 heavy (non-hydrogen) atoms. The van der Waals surface area contributed by atoms with E-state index in [0.29, 0.717) is 20.8 Å². The molecule has 0 aliphatic carbocycles. The highest BCUT2D eigenvalue weighted by Crippen LogP contribution is 2.38. The van der Waals surface area contributed by atoms with Gasteiger partial charge in [-0.2, -0.15) is 0 Å². The van der Waals surface area contributed by atoms with Gasteiger partial charge in [-0.25, -0.2) is 0 Å². The summed E-state index contributed by atoms with van der Waals surface area (Å²) >= 11 is 2.25. The molecule has 0 saturated heterocycles. The van der Waals surface area contributed by atoms with Gasteiger partial charge in [0.25, 0.3) is 0 Å². The average Bonchev–Trinajstić information content (AvgIpc) is 2.34. The van der Waals surface area contributed by atoms with E-state index < -0.39 is 45.5 Å². The van der Waals surface area contributed by atoms with Crippen LogP contribution in [-0.4, -0.2) is 65.9 Å². The number of rotatable bonds is 7. The topological polar surface area (TPSA) is 149 Å². The van der Waals surface area contributed by atoms with E-state index >= 15 is 0 Å². The molecule has 0 spiro atoms. The van der Waals surface area contributed by atoms with Gasteiger partial charge in [0.05, 0.1) is 6.61 Å². The van der Waals surface area contributed by atoms with Crippen LogP contribution in [0.3, 0.4) is 0 Å². The van der Waals surface area contributed by atoms with E-state index in [-0.39, 0.29) is 0 Å². The maximum atomic E-state index is 11.7. The molecule has 0 aliphatic rings. The summed E-state index contributed by atoms with van der Waals surface area (Å²) in [6.45, 7) is 0.538. The van der Waals surface area contributed by atoms with E-state index in [1.165, 1.54) is 0 Å². The summed E-state index contributed by atoms with van der Waals surface area (Å²) in [5.74, 6) is -4.16. The average molecular weight is 355 g/mol. The first-order valence-corrected chi connectivity index (χ1v) is 6.14. The molecule has 0 aromatic carbocycles. The van der Waals surface area contributed by atoms with E-state index in [2.05, 4.69) is 15.9 Å². The standard InChI is InChI=1S/C11H15BrO8/c1-5(14)9(18,4-13)11(20,7(3)16)10(19,6(2)15)8(12)17/h13,18-20H,4H2,1-3H3/t9-,10-,11+/m1/s1. The SMILES string of the molecule is CC(=O)[C@@](O)(C(=O)Br)[C@](O)(C(C)=O)[C@@](O)(CO)C(C)=O. The van der Waals surface area contributed by atoms with E-state index in [9.17, 15) is 34.5 Å².